The zero-order chi connectivity index (χ0) is 19.6. The molecule has 2 aromatic rings. The molecule has 8 heteroatoms. The predicted octanol–water partition coefficient (Wildman–Crippen LogP) is 2.80. The van der Waals surface area contributed by atoms with Gasteiger partial charge in [-0.3, -0.25) is 9.59 Å². The van der Waals surface area contributed by atoms with Gasteiger partial charge in [0.15, 0.2) is 6.04 Å². The number of alkyl halides is 3. The molecule has 0 spiro atoms. The maximum Gasteiger partial charge on any atom is 0.417 e. The number of hydrogen-bond donors (Lipinski definition) is 1. The normalized spacial score (nSPS) is 17.6. The summed E-state index contributed by atoms with van der Waals surface area (Å²) in [5, 5.41) is 1.28. The first-order valence-corrected chi connectivity index (χ1v) is 8.76. The van der Waals surface area contributed by atoms with Crippen LogP contribution in [0.2, 0.25) is 5.02 Å². The fraction of sp³-hybridized carbons (Fsp3) is 0.263. The van der Waals surface area contributed by atoms with E-state index < -0.39 is 34.6 Å². The van der Waals surface area contributed by atoms with Gasteiger partial charge >= 0.3 is 6.18 Å². The molecule has 1 saturated heterocycles. The largest absolute Gasteiger partial charge is 0.417 e. The third-order valence-electron chi connectivity index (χ3n) is 4.42. The fourth-order valence-corrected chi connectivity index (χ4v) is 3.30. The molecule has 3 rings (SSSR count). The van der Waals surface area contributed by atoms with E-state index in [0.717, 1.165) is 29.0 Å². The number of quaternary nitrogens is 1. The van der Waals surface area contributed by atoms with E-state index in [1.54, 1.807) is 5.32 Å². The molecular weight excluding hydrogens is 381 g/mol. The molecule has 0 unspecified atom stereocenters. The number of amides is 2. The van der Waals surface area contributed by atoms with Crippen molar-refractivity contribution >= 4 is 29.1 Å². The molecule has 0 aliphatic carbocycles. The molecule has 1 aliphatic heterocycles. The molecule has 1 atom stereocenters. The highest BCUT2D eigenvalue weighted by atomic mass is 35.5. The van der Waals surface area contributed by atoms with Gasteiger partial charge in [-0.05, 0) is 23.8 Å². The summed E-state index contributed by atoms with van der Waals surface area (Å²) in [4.78, 5) is 25.6. The standard InChI is InChI=1S/C19H16ClF3N2O2/c20-15-7-6-13(10-14(15)19(21,22)23)25-17(26)11-16(18(25)27)24-9-8-12-4-2-1-3-5-12/h1-7,10,16,24H,8-9,11H2/p+1/t16-/m0/s1. The van der Waals surface area contributed by atoms with Crippen molar-refractivity contribution in [2.75, 3.05) is 11.4 Å². The maximum atomic E-state index is 13.0. The Hall–Kier alpha value is -2.38. The number of nitrogens with zero attached hydrogens (tertiary/aromatic N) is 1. The van der Waals surface area contributed by atoms with Gasteiger partial charge in [-0.2, -0.15) is 13.2 Å². The van der Waals surface area contributed by atoms with E-state index in [-0.39, 0.29) is 12.1 Å². The first kappa shape index (κ1) is 19.4. The van der Waals surface area contributed by atoms with Crippen LogP contribution < -0.4 is 10.2 Å². The third kappa shape index (κ3) is 4.31. The van der Waals surface area contributed by atoms with Crippen molar-refractivity contribution in [1.29, 1.82) is 0 Å². The second-order valence-electron chi connectivity index (χ2n) is 6.30. The topological polar surface area (TPSA) is 54.0 Å². The summed E-state index contributed by atoms with van der Waals surface area (Å²) in [6, 6.07) is 12.1. The van der Waals surface area contributed by atoms with Crippen molar-refractivity contribution in [3.63, 3.8) is 0 Å². The summed E-state index contributed by atoms with van der Waals surface area (Å²) in [5.74, 6) is -1.03. The Labute approximate surface area is 158 Å². The summed E-state index contributed by atoms with van der Waals surface area (Å²) < 4.78 is 39.1. The van der Waals surface area contributed by atoms with Crippen LogP contribution in [0.5, 0.6) is 0 Å². The molecule has 27 heavy (non-hydrogen) atoms. The van der Waals surface area contributed by atoms with E-state index in [4.69, 9.17) is 11.6 Å². The number of anilines is 1. The molecule has 0 bridgehead atoms. The number of halogens is 4. The zero-order valence-electron chi connectivity index (χ0n) is 14.2. The molecule has 1 aliphatic rings. The van der Waals surface area contributed by atoms with E-state index in [2.05, 4.69) is 0 Å². The van der Waals surface area contributed by atoms with Gasteiger partial charge in [0.1, 0.15) is 0 Å². The minimum atomic E-state index is -4.67. The summed E-state index contributed by atoms with van der Waals surface area (Å²) in [6.45, 7) is 0.593. The van der Waals surface area contributed by atoms with Crippen LogP contribution in [0.3, 0.4) is 0 Å². The second-order valence-corrected chi connectivity index (χ2v) is 6.71. The molecular formula is C19H17ClF3N2O2+. The molecule has 2 aromatic carbocycles. The first-order valence-electron chi connectivity index (χ1n) is 8.38. The Balaban J connectivity index is 1.71. The van der Waals surface area contributed by atoms with Crippen LogP contribution in [0.1, 0.15) is 17.5 Å². The van der Waals surface area contributed by atoms with Gasteiger partial charge < -0.3 is 5.32 Å². The predicted molar refractivity (Wildman–Crippen MR) is 94.3 cm³/mol. The van der Waals surface area contributed by atoms with Crippen LogP contribution >= 0.6 is 11.6 Å². The number of nitrogens with two attached hydrogens (primary N) is 1. The van der Waals surface area contributed by atoms with Gasteiger partial charge in [0.05, 0.1) is 29.2 Å². The molecule has 1 fully saturated rings. The molecule has 0 saturated carbocycles. The van der Waals surface area contributed by atoms with Crippen molar-refractivity contribution < 1.29 is 28.1 Å². The fourth-order valence-electron chi connectivity index (χ4n) is 3.08. The Kier molecular flexibility index (Phi) is 5.53. The number of carbonyl (C=O) groups excluding carboxylic acids is 2. The van der Waals surface area contributed by atoms with Crippen molar-refractivity contribution in [2.45, 2.75) is 25.1 Å². The summed E-state index contributed by atoms with van der Waals surface area (Å²) >= 11 is 5.60. The van der Waals surface area contributed by atoms with E-state index in [1.165, 1.54) is 6.07 Å². The lowest BCUT2D eigenvalue weighted by atomic mass is 10.1. The van der Waals surface area contributed by atoms with Crippen molar-refractivity contribution in [3.8, 4) is 0 Å². The molecule has 2 N–H and O–H groups in total. The maximum absolute atomic E-state index is 13.0. The Morgan fingerprint density at radius 2 is 1.81 bits per heavy atom. The zero-order valence-corrected chi connectivity index (χ0v) is 14.9. The minimum absolute atomic E-state index is 0.0440. The lowest BCUT2D eigenvalue weighted by molar-refractivity contribution is -0.674. The smallest absolute Gasteiger partial charge is 0.335 e. The first-order chi connectivity index (χ1) is 12.8. The summed E-state index contributed by atoms with van der Waals surface area (Å²) in [6.07, 6.45) is -3.99. The average molecular weight is 398 g/mol. The van der Waals surface area contributed by atoms with Crippen LogP contribution in [0.4, 0.5) is 18.9 Å². The number of carbonyl (C=O) groups is 2. The summed E-state index contributed by atoms with van der Waals surface area (Å²) in [7, 11) is 0. The van der Waals surface area contributed by atoms with Crippen LogP contribution in [0, 0.1) is 0 Å². The quantitative estimate of drug-likeness (QED) is 0.789. The highest BCUT2D eigenvalue weighted by molar-refractivity contribution is 6.31. The highest BCUT2D eigenvalue weighted by Gasteiger charge is 2.43. The van der Waals surface area contributed by atoms with Crippen LogP contribution in [-0.2, 0) is 22.2 Å². The van der Waals surface area contributed by atoms with Gasteiger partial charge in [0, 0.05) is 6.42 Å². The van der Waals surface area contributed by atoms with Crippen molar-refractivity contribution in [3.05, 3.63) is 64.7 Å². The number of imide groups is 1. The minimum Gasteiger partial charge on any atom is -0.335 e. The molecule has 2 amide bonds. The van der Waals surface area contributed by atoms with Crippen LogP contribution in [-0.4, -0.2) is 24.4 Å². The van der Waals surface area contributed by atoms with E-state index >= 15 is 0 Å². The molecule has 1 heterocycles. The Bertz CT molecular complexity index is 856. The summed E-state index contributed by atoms with van der Waals surface area (Å²) in [5.41, 5.74) is -0.0747. The monoisotopic (exact) mass is 397 g/mol. The van der Waals surface area contributed by atoms with Crippen molar-refractivity contribution in [1.82, 2.24) is 0 Å². The Morgan fingerprint density at radius 3 is 2.48 bits per heavy atom. The van der Waals surface area contributed by atoms with Crippen LogP contribution in [0.15, 0.2) is 48.5 Å². The third-order valence-corrected chi connectivity index (χ3v) is 4.75. The lowest BCUT2D eigenvalue weighted by Crippen LogP contribution is -2.92. The van der Waals surface area contributed by atoms with Crippen LogP contribution in [0.25, 0.3) is 0 Å². The second kappa shape index (κ2) is 7.70. The average Bonchev–Trinajstić information content (AvgIpc) is 2.89. The molecule has 0 aromatic heterocycles. The van der Waals surface area contributed by atoms with Crippen molar-refractivity contribution in [2.24, 2.45) is 0 Å². The number of benzene rings is 2. The van der Waals surface area contributed by atoms with E-state index in [9.17, 15) is 22.8 Å². The van der Waals surface area contributed by atoms with Gasteiger partial charge in [-0.15, -0.1) is 0 Å². The number of hydrogen-bond acceptors (Lipinski definition) is 2. The SMILES string of the molecule is O=C1C[C@H]([NH2+]CCc2ccccc2)C(=O)N1c1ccc(Cl)c(C(F)(F)F)c1. The van der Waals surface area contributed by atoms with E-state index in [1.807, 2.05) is 30.3 Å². The molecule has 142 valence electrons. The van der Waals surface area contributed by atoms with Gasteiger partial charge in [-0.25, -0.2) is 4.90 Å². The molecule has 4 nitrogen and oxygen atoms in total. The van der Waals surface area contributed by atoms with Gasteiger partial charge in [0.2, 0.25) is 5.91 Å². The Morgan fingerprint density at radius 1 is 1.11 bits per heavy atom. The molecule has 0 radical (unpaired) electrons. The lowest BCUT2D eigenvalue weighted by Gasteiger charge is -2.17. The van der Waals surface area contributed by atoms with E-state index in [0.29, 0.717) is 6.54 Å². The highest BCUT2D eigenvalue weighted by Crippen LogP contribution is 2.37. The van der Waals surface area contributed by atoms with Gasteiger partial charge in [0.25, 0.3) is 5.91 Å². The van der Waals surface area contributed by atoms with Gasteiger partial charge in [-0.1, -0.05) is 41.9 Å². The number of rotatable bonds is 5.